The zero-order valence-electron chi connectivity index (χ0n) is 8.34. The van der Waals surface area contributed by atoms with Crippen molar-refractivity contribution in [1.29, 1.82) is 0 Å². The summed E-state index contributed by atoms with van der Waals surface area (Å²) in [5, 5.41) is 0. The molecular formula is C11H13BrO2. The number of hydrogen-bond donors (Lipinski definition) is 0. The second-order valence-electron chi connectivity index (χ2n) is 2.64. The molecular weight excluding hydrogens is 244 g/mol. The maximum atomic E-state index is 5.48. The lowest BCUT2D eigenvalue weighted by Crippen LogP contribution is -1.97. The molecule has 0 radical (unpaired) electrons. The summed E-state index contributed by atoms with van der Waals surface area (Å²) in [5.74, 6) is 1.46. The van der Waals surface area contributed by atoms with Crippen LogP contribution in [0.3, 0.4) is 0 Å². The molecule has 1 aromatic rings. The third-order valence-corrected chi connectivity index (χ3v) is 2.64. The van der Waals surface area contributed by atoms with Crippen LogP contribution in [0.4, 0.5) is 0 Å². The van der Waals surface area contributed by atoms with Gasteiger partial charge in [0.05, 0.1) is 18.2 Å². The van der Waals surface area contributed by atoms with E-state index in [1.807, 2.05) is 19.1 Å². The van der Waals surface area contributed by atoms with Gasteiger partial charge in [0, 0.05) is 0 Å². The minimum atomic E-state index is 0.607. The van der Waals surface area contributed by atoms with Gasteiger partial charge in [-0.15, -0.1) is 0 Å². The van der Waals surface area contributed by atoms with Crippen molar-refractivity contribution in [1.82, 2.24) is 0 Å². The maximum absolute atomic E-state index is 5.48. The maximum Gasteiger partial charge on any atom is 0.175 e. The van der Waals surface area contributed by atoms with Gasteiger partial charge >= 0.3 is 0 Å². The molecule has 0 unspecified atom stereocenters. The number of hydrogen-bond acceptors (Lipinski definition) is 2. The van der Waals surface area contributed by atoms with Crippen LogP contribution in [-0.2, 0) is 0 Å². The first kappa shape index (κ1) is 11.1. The highest BCUT2D eigenvalue weighted by atomic mass is 79.9. The summed E-state index contributed by atoms with van der Waals surface area (Å²) >= 11 is 3.46. The molecule has 1 aromatic carbocycles. The first-order chi connectivity index (χ1) is 6.74. The Balaban J connectivity index is 3.23. The largest absolute Gasteiger partial charge is 0.493 e. The van der Waals surface area contributed by atoms with Gasteiger partial charge < -0.3 is 9.47 Å². The number of rotatable bonds is 4. The monoisotopic (exact) mass is 256 g/mol. The van der Waals surface area contributed by atoms with E-state index >= 15 is 0 Å². The minimum Gasteiger partial charge on any atom is -0.493 e. The predicted molar refractivity (Wildman–Crippen MR) is 62.0 cm³/mol. The summed E-state index contributed by atoms with van der Waals surface area (Å²) in [5.41, 5.74) is 0.995. The molecule has 0 aliphatic rings. The molecule has 0 amide bonds. The van der Waals surface area contributed by atoms with E-state index < -0.39 is 0 Å². The molecule has 0 N–H and O–H groups in total. The van der Waals surface area contributed by atoms with Crippen LogP contribution >= 0.6 is 15.9 Å². The van der Waals surface area contributed by atoms with Crippen molar-refractivity contribution in [3.05, 3.63) is 28.7 Å². The molecule has 0 aliphatic carbocycles. The van der Waals surface area contributed by atoms with Gasteiger partial charge in [0.1, 0.15) is 0 Å². The van der Waals surface area contributed by atoms with E-state index in [1.165, 1.54) is 0 Å². The molecule has 0 saturated carbocycles. The van der Waals surface area contributed by atoms with Gasteiger partial charge in [0.15, 0.2) is 11.5 Å². The van der Waals surface area contributed by atoms with Crippen molar-refractivity contribution < 1.29 is 9.47 Å². The summed E-state index contributed by atoms with van der Waals surface area (Å²) in [4.78, 5) is 0. The number of ether oxygens (including phenoxy) is 2. The van der Waals surface area contributed by atoms with Gasteiger partial charge in [0.2, 0.25) is 0 Å². The van der Waals surface area contributed by atoms with Crippen LogP contribution < -0.4 is 9.47 Å². The van der Waals surface area contributed by atoms with Gasteiger partial charge in [-0.05, 0) is 40.5 Å². The number of benzene rings is 1. The zero-order valence-corrected chi connectivity index (χ0v) is 9.93. The highest BCUT2D eigenvalue weighted by Gasteiger charge is 2.10. The Hall–Kier alpha value is -0.960. The van der Waals surface area contributed by atoms with Crippen molar-refractivity contribution in [3.63, 3.8) is 0 Å². The van der Waals surface area contributed by atoms with Crippen LogP contribution in [0.2, 0.25) is 0 Å². The second-order valence-corrected chi connectivity index (χ2v) is 3.43. The highest BCUT2D eigenvalue weighted by molar-refractivity contribution is 9.10. The Morgan fingerprint density at radius 3 is 2.71 bits per heavy atom. The topological polar surface area (TPSA) is 18.5 Å². The average Bonchev–Trinajstić information content (AvgIpc) is 2.21. The van der Waals surface area contributed by atoms with Gasteiger partial charge in [-0.3, -0.25) is 0 Å². The molecule has 2 nitrogen and oxygen atoms in total. The Morgan fingerprint density at radius 1 is 1.50 bits per heavy atom. The molecule has 0 heterocycles. The molecule has 14 heavy (non-hydrogen) atoms. The van der Waals surface area contributed by atoms with E-state index in [-0.39, 0.29) is 0 Å². The van der Waals surface area contributed by atoms with E-state index in [0.29, 0.717) is 6.61 Å². The molecule has 1 rings (SSSR count). The molecule has 76 valence electrons. The molecule has 0 bridgehead atoms. The molecule has 0 aliphatic heterocycles. The fourth-order valence-electron chi connectivity index (χ4n) is 1.15. The fraction of sp³-hybridized carbons (Fsp3) is 0.273. The van der Waals surface area contributed by atoms with Crippen molar-refractivity contribution >= 4 is 22.0 Å². The highest BCUT2D eigenvalue weighted by Crippen LogP contribution is 2.38. The Morgan fingerprint density at radius 2 is 2.21 bits per heavy atom. The summed E-state index contributed by atoms with van der Waals surface area (Å²) in [6, 6.07) is 3.80. The molecule has 0 fully saturated rings. The number of methoxy groups -OCH3 is 1. The molecule has 3 heteroatoms. The van der Waals surface area contributed by atoms with Crippen molar-refractivity contribution in [3.8, 4) is 11.5 Å². The van der Waals surface area contributed by atoms with Gasteiger partial charge in [-0.25, -0.2) is 0 Å². The Bertz CT molecular complexity index is 334. The van der Waals surface area contributed by atoms with Crippen molar-refractivity contribution in [2.24, 2.45) is 0 Å². The van der Waals surface area contributed by atoms with Crippen LogP contribution in [0.5, 0.6) is 11.5 Å². The van der Waals surface area contributed by atoms with Crippen LogP contribution in [-0.4, -0.2) is 13.7 Å². The Labute approximate surface area is 92.7 Å². The summed E-state index contributed by atoms with van der Waals surface area (Å²) in [6.07, 6.45) is 1.77. The molecule has 0 saturated heterocycles. The quantitative estimate of drug-likeness (QED) is 0.821. The van der Waals surface area contributed by atoms with Crippen LogP contribution in [0.25, 0.3) is 6.08 Å². The molecule has 0 spiro atoms. The summed E-state index contributed by atoms with van der Waals surface area (Å²) in [6.45, 7) is 6.27. The van der Waals surface area contributed by atoms with Crippen LogP contribution in [0, 0.1) is 0 Å². The summed E-state index contributed by atoms with van der Waals surface area (Å²) < 4.78 is 11.6. The normalized spacial score (nSPS) is 9.64. The summed E-state index contributed by atoms with van der Waals surface area (Å²) in [7, 11) is 1.62. The van der Waals surface area contributed by atoms with Crippen molar-refractivity contribution in [2.45, 2.75) is 6.92 Å². The van der Waals surface area contributed by atoms with E-state index in [4.69, 9.17) is 9.47 Å². The van der Waals surface area contributed by atoms with E-state index in [0.717, 1.165) is 21.5 Å². The fourth-order valence-corrected chi connectivity index (χ4v) is 1.75. The van der Waals surface area contributed by atoms with Gasteiger partial charge in [0.25, 0.3) is 0 Å². The van der Waals surface area contributed by atoms with Crippen LogP contribution in [0.15, 0.2) is 23.2 Å². The van der Waals surface area contributed by atoms with Gasteiger partial charge in [-0.2, -0.15) is 0 Å². The SMILES string of the molecule is C=Cc1ccc(OC)c(OCC)c1Br. The number of halogens is 1. The van der Waals surface area contributed by atoms with Crippen LogP contribution in [0.1, 0.15) is 12.5 Å². The standard InChI is InChI=1S/C11H13BrO2/c1-4-8-6-7-9(13-3)11(10(8)12)14-5-2/h4,6-7H,1,5H2,2-3H3. The second kappa shape index (κ2) is 5.05. The lowest BCUT2D eigenvalue weighted by molar-refractivity contribution is 0.309. The molecule has 0 aromatic heterocycles. The zero-order chi connectivity index (χ0) is 10.6. The van der Waals surface area contributed by atoms with E-state index in [2.05, 4.69) is 22.5 Å². The predicted octanol–water partition coefficient (Wildman–Crippen LogP) is 3.50. The molecule has 0 atom stereocenters. The lowest BCUT2D eigenvalue weighted by atomic mass is 10.2. The van der Waals surface area contributed by atoms with E-state index in [1.54, 1.807) is 13.2 Å². The lowest BCUT2D eigenvalue weighted by Gasteiger charge is -2.12. The third-order valence-electron chi connectivity index (χ3n) is 1.82. The minimum absolute atomic E-state index is 0.607. The van der Waals surface area contributed by atoms with Gasteiger partial charge in [-0.1, -0.05) is 12.7 Å². The first-order valence-corrected chi connectivity index (χ1v) is 5.15. The smallest absolute Gasteiger partial charge is 0.175 e. The van der Waals surface area contributed by atoms with Crippen molar-refractivity contribution in [2.75, 3.05) is 13.7 Å². The van der Waals surface area contributed by atoms with E-state index in [9.17, 15) is 0 Å². The third kappa shape index (κ3) is 2.10. The average molecular weight is 257 g/mol. The Kier molecular flexibility index (Phi) is 4.01. The first-order valence-electron chi connectivity index (χ1n) is 4.36.